The van der Waals surface area contributed by atoms with Gasteiger partial charge in [0.15, 0.2) is 0 Å². The van der Waals surface area contributed by atoms with E-state index in [4.69, 9.17) is 0 Å². The van der Waals surface area contributed by atoms with E-state index in [0.717, 1.165) is 16.6 Å². The number of aromatic nitrogens is 1. The van der Waals surface area contributed by atoms with Crippen LogP contribution in [0.4, 0.5) is 4.39 Å². The third-order valence-electron chi connectivity index (χ3n) is 2.08. The molecule has 1 aromatic carbocycles. The van der Waals surface area contributed by atoms with Crippen molar-refractivity contribution in [2.24, 2.45) is 4.99 Å². The van der Waals surface area contributed by atoms with Crippen LogP contribution in [0, 0.1) is 5.82 Å². The predicted molar refractivity (Wildman–Crippen MR) is 56.8 cm³/mol. The summed E-state index contributed by atoms with van der Waals surface area (Å²) in [5.74, 6) is -0.250. The minimum atomic E-state index is -0.250. The van der Waals surface area contributed by atoms with Gasteiger partial charge in [-0.2, -0.15) is 0 Å². The van der Waals surface area contributed by atoms with E-state index in [0.29, 0.717) is 5.70 Å². The third kappa shape index (κ3) is 1.33. The first-order chi connectivity index (χ1) is 6.70. The van der Waals surface area contributed by atoms with Gasteiger partial charge in [-0.15, -0.1) is 0 Å². The zero-order valence-corrected chi connectivity index (χ0v) is 7.55. The Balaban J connectivity index is 2.62. The predicted octanol–water partition coefficient (Wildman–Crippen LogP) is 2.98. The van der Waals surface area contributed by atoms with Crippen LogP contribution in [-0.4, -0.2) is 11.7 Å². The Morgan fingerprint density at radius 3 is 2.86 bits per heavy atom. The molecule has 2 aromatic rings. The molecule has 3 heteroatoms. The molecule has 0 bridgehead atoms. The highest BCUT2D eigenvalue weighted by atomic mass is 19.1. The van der Waals surface area contributed by atoms with Crippen LogP contribution in [-0.2, 0) is 0 Å². The summed E-state index contributed by atoms with van der Waals surface area (Å²) in [6, 6.07) is 6.36. The third-order valence-corrected chi connectivity index (χ3v) is 2.08. The van der Waals surface area contributed by atoms with Crippen LogP contribution < -0.4 is 0 Å². The molecular weight excluding hydrogens is 179 g/mol. The fourth-order valence-electron chi connectivity index (χ4n) is 1.34. The van der Waals surface area contributed by atoms with Crippen molar-refractivity contribution < 1.29 is 4.39 Å². The van der Waals surface area contributed by atoms with Gasteiger partial charge in [-0.05, 0) is 31.0 Å². The monoisotopic (exact) mass is 188 g/mol. The number of benzene rings is 1. The second kappa shape index (κ2) is 3.10. The molecule has 0 unspecified atom stereocenters. The van der Waals surface area contributed by atoms with Crippen LogP contribution in [0.15, 0.2) is 35.8 Å². The number of nitrogens with one attached hydrogen (secondary N) is 1. The molecule has 0 aliphatic carbocycles. The molecule has 0 spiro atoms. The molecule has 0 atom stereocenters. The summed E-state index contributed by atoms with van der Waals surface area (Å²) in [4.78, 5) is 6.78. The number of aliphatic imine (C=N–C) groups is 1. The van der Waals surface area contributed by atoms with Crippen molar-refractivity contribution in [3.8, 4) is 0 Å². The first-order valence-corrected chi connectivity index (χ1v) is 4.15. The molecule has 2 rings (SSSR count). The number of H-pyrrole nitrogens is 1. The summed E-state index contributed by atoms with van der Waals surface area (Å²) in [5.41, 5.74) is 2.19. The van der Waals surface area contributed by atoms with Gasteiger partial charge in [0, 0.05) is 10.9 Å². The molecule has 14 heavy (non-hydrogen) atoms. The maximum atomic E-state index is 12.9. The molecule has 1 N–H and O–H groups in total. The summed E-state index contributed by atoms with van der Waals surface area (Å²) in [6.07, 6.45) is 0. The number of hydrogen-bond donors (Lipinski definition) is 1. The van der Waals surface area contributed by atoms with Crippen LogP contribution >= 0.6 is 0 Å². The lowest BCUT2D eigenvalue weighted by Crippen LogP contribution is -1.76. The lowest BCUT2D eigenvalue weighted by molar-refractivity contribution is 0.630. The van der Waals surface area contributed by atoms with Crippen LogP contribution in [0.5, 0.6) is 0 Å². The SMILES string of the molecule is C=NC(=C)c1cc2cc(F)ccc2[nH]1. The number of rotatable bonds is 2. The lowest BCUT2D eigenvalue weighted by atomic mass is 10.2. The van der Waals surface area contributed by atoms with Gasteiger partial charge in [-0.25, -0.2) is 4.39 Å². The van der Waals surface area contributed by atoms with Gasteiger partial charge in [0.05, 0.1) is 11.4 Å². The Morgan fingerprint density at radius 1 is 1.36 bits per heavy atom. The highest BCUT2D eigenvalue weighted by Crippen LogP contribution is 2.20. The van der Waals surface area contributed by atoms with Crippen molar-refractivity contribution in [2.75, 3.05) is 0 Å². The van der Waals surface area contributed by atoms with Gasteiger partial charge in [-0.1, -0.05) is 6.58 Å². The number of hydrogen-bond acceptors (Lipinski definition) is 1. The number of fused-ring (bicyclic) bond motifs is 1. The standard InChI is InChI=1S/C11H9FN2/c1-7(13-2)11-6-8-5-9(12)3-4-10(8)14-11/h3-6,14H,1-2H2. The molecule has 0 amide bonds. The number of aromatic amines is 1. The second-order valence-electron chi connectivity index (χ2n) is 3.02. The zero-order chi connectivity index (χ0) is 10.1. The Labute approximate surface area is 80.8 Å². The quantitative estimate of drug-likeness (QED) is 0.702. The molecule has 70 valence electrons. The normalized spacial score (nSPS) is 10.4. The maximum Gasteiger partial charge on any atom is 0.123 e. The van der Waals surface area contributed by atoms with E-state index in [1.54, 1.807) is 12.1 Å². The molecule has 0 aliphatic heterocycles. The van der Waals surface area contributed by atoms with Crippen LogP contribution in [0.3, 0.4) is 0 Å². The van der Waals surface area contributed by atoms with Gasteiger partial charge in [0.2, 0.25) is 0 Å². The molecule has 1 aromatic heterocycles. The van der Waals surface area contributed by atoms with Gasteiger partial charge >= 0.3 is 0 Å². The Kier molecular flexibility index (Phi) is 1.93. The number of halogens is 1. The van der Waals surface area contributed by atoms with Crippen LogP contribution in [0.2, 0.25) is 0 Å². The molecule has 0 radical (unpaired) electrons. The van der Waals surface area contributed by atoms with Crippen molar-refractivity contribution in [1.29, 1.82) is 0 Å². The van der Waals surface area contributed by atoms with E-state index in [1.807, 2.05) is 0 Å². The highest BCUT2D eigenvalue weighted by molar-refractivity contribution is 5.84. The summed E-state index contributed by atoms with van der Waals surface area (Å²) in [7, 11) is 0. The van der Waals surface area contributed by atoms with Gasteiger partial charge in [-0.3, -0.25) is 4.99 Å². The first-order valence-electron chi connectivity index (χ1n) is 4.15. The molecule has 0 aliphatic rings. The first kappa shape index (κ1) is 8.69. The van der Waals surface area contributed by atoms with E-state index in [-0.39, 0.29) is 5.82 Å². The summed E-state index contributed by atoms with van der Waals surface area (Å²) in [5, 5.41) is 0.810. The second-order valence-corrected chi connectivity index (χ2v) is 3.02. The van der Waals surface area contributed by atoms with E-state index in [2.05, 4.69) is 23.3 Å². The summed E-state index contributed by atoms with van der Waals surface area (Å²) < 4.78 is 12.9. The average molecular weight is 188 g/mol. The van der Waals surface area contributed by atoms with E-state index in [1.165, 1.54) is 12.1 Å². The summed E-state index contributed by atoms with van der Waals surface area (Å²) >= 11 is 0. The maximum absolute atomic E-state index is 12.9. The molecule has 0 saturated heterocycles. The molecule has 1 heterocycles. The Bertz CT molecular complexity index is 511. The molecule has 0 saturated carbocycles. The molecule has 2 nitrogen and oxygen atoms in total. The largest absolute Gasteiger partial charge is 0.353 e. The van der Waals surface area contributed by atoms with Crippen molar-refractivity contribution in [2.45, 2.75) is 0 Å². The van der Waals surface area contributed by atoms with Crippen LogP contribution in [0.1, 0.15) is 5.69 Å². The van der Waals surface area contributed by atoms with Crippen molar-refractivity contribution >= 4 is 23.3 Å². The van der Waals surface area contributed by atoms with E-state index >= 15 is 0 Å². The van der Waals surface area contributed by atoms with Gasteiger partial charge < -0.3 is 4.98 Å². The lowest BCUT2D eigenvalue weighted by Gasteiger charge is -1.91. The minimum absolute atomic E-state index is 0.250. The molecule has 0 fully saturated rings. The van der Waals surface area contributed by atoms with Crippen LogP contribution in [0.25, 0.3) is 16.6 Å². The van der Waals surface area contributed by atoms with E-state index in [9.17, 15) is 4.39 Å². The fourth-order valence-corrected chi connectivity index (χ4v) is 1.34. The van der Waals surface area contributed by atoms with Crippen molar-refractivity contribution in [3.63, 3.8) is 0 Å². The Morgan fingerprint density at radius 2 is 2.14 bits per heavy atom. The Hall–Kier alpha value is -1.90. The van der Waals surface area contributed by atoms with Gasteiger partial charge in [0.25, 0.3) is 0 Å². The zero-order valence-electron chi connectivity index (χ0n) is 7.55. The summed E-state index contributed by atoms with van der Waals surface area (Å²) in [6.45, 7) is 7.09. The smallest absolute Gasteiger partial charge is 0.123 e. The fraction of sp³-hybridized carbons (Fsp3) is 0. The topological polar surface area (TPSA) is 28.1 Å². The highest BCUT2D eigenvalue weighted by Gasteiger charge is 2.03. The van der Waals surface area contributed by atoms with Crippen molar-refractivity contribution in [3.05, 3.63) is 42.4 Å². The van der Waals surface area contributed by atoms with Gasteiger partial charge in [0.1, 0.15) is 5.82 Å². The minimum Gasteiger partial charge on any atom is -0.353 e. The average Bonchev–Trinajstić information content (AvgIpc) is 2.59. The van der Waals surface area contributed by atoms with E-state index < -0.39 is 0 Å². The van der Waals surface area contributed by atoms with Crippen molar-refractivity contribution in [1.82, 2.24) is 4.98 Å². The molecular formula is C11H9FN2. The number of nitrogens with zero attached hydrogens (tertiary/aromatic N) is 1.